The summed E-state index contributed by atoms with van der Waals surface area (Å²) in [6.07, 6.45) is 1.03. The van der Waals surface area contributed by atoms with Gasteiger partial charge in [-0.2, -0.15) is 5.10 Å². The Morgan fingerprint density at radius 2 is 2.28 bits per heavy atom. The average molecular weight is 441 g/mol. The molecule has 1 aromatic carbocycles. The molecule has 1 aliphatic rings. The minimum absolute atomic E-state index is 0.0635. The summed E-state index contributed by atoms with van der Waals surface area (Å²) in [5, 5.41) is 22.0. The Kier molecular flexibility index (Phi) is 7.57. The number of benzene rings is 1. The second-order valence-corrected chi connectivity index (χ2v) is 7.66. The van der Waals surface area contributed by atoms with E-state index in [-0.39, 0.29) is 19.2 Å². The van der Waals surface area contributed by atoms with Gasteiger partial charge in [0, 0.05) is 19.0 Å². The summed E-state index contributed by atoms with van der Waals surface area (Å²) in [4.78, 5) is 8.91. The summed E-state index contributed by atoms with van der Waals surface area (Å²) in [6, 6.07) is 5.33. The molecule has 3 N–H and O–H groups in total. The van der Waals surface area contributed by atoms with Crippen LogP contribution >= 0.6 is 23.2 Å². The Bertz CT molecular complexity index is 857. The molecule has 0 bridgehead atoms. The second kappa shape index (κ2) is 10.1. The molecule has 0 radical (unpaired) electrons. The van der Waals surface area contributed by atoms with Crippen molar-refractivity contribution in [2.75, 3.05) is 19.7 Å². The van der Waals surface area contributed by atoms with Gasteiger partial charge in [-0.15, -0.1) is 0 Å². The first-order chi connectivity index (χ1) is 14.0. The van der Waals surface area contributed by atoms with Gasteiger partial charge in [0.25, 0.3) is 0 Å². The van der Waals surface area contributed by atoms with Crippen molar-refractivity contribution in [3.8, 4) is 5.75 Å². The van der Waals surface area contributed by atoms with Crippen LogP contribution < -0.4 is 15.4 Å². The Morgan fingerprint density at radius 1 is 1.45 bits per heavy atom. The Labute approximate surface area is 180 Å². The molecule has 10 heteroatoms. The van der Waals surface area contributed by atoms with Gasteiger partial charge in [0.05, 0.1) is 18.1 Å². The van der Waals surface area contributed by atoms with Gasteiger partial charge in [-0.1, -0.05) is 29.3 Å². The number of guanidine groups is 1. The molecule has 0 saturated carbocycles. The molecule has 2 atom stereocenters. The molecule has 2 aromatic rings. The number of aliphatic hydroxyl groups is 1. The molecule has 0 fully saturated rings. The van der Waals surface area contributed by atoms with Gasteiger partial charge in [-0.25, -0.2) is 9.67 Å². The summed E-state index contributed by atoms with van der Waals surface area (Å²) in [5.41, 5.74) is 0. The molecular formula is C19H26Cl2N6O2. The lowest BCUT2D eigenvalue weighted by Gasteiger charge is -2.25. The van der Waals surface area contributed by atoms with Crippen LogP contribution in [0.4, 0.5) is 0 Å². The van der Waals surface area contributed by atoms with Crippen molar-refractivity contribution < 1.29 is 9.84 Å². The molecule has 158 valence electrons. The van der Waals surface area contributed by atoms with E-state index in [0.29, 0.717) is 21.8 Å². The zero-order valence-corrected chi connectivity index (χ0v) is 18.0. The van der Waals surface area contributed by atoms with Crippen LogP contribution in [0, 0.1) is 6.92 Å². The molecule has 29 heavy (non-hydrogen) atoms. The fourth-order valence-corrected chi connectivity index (χ4v) is 3.44. The zero-order valence-electron chi connectivity index (χ0n) is 16.5. The minimum atomic E-state index is -0.781. The summed E-state index contributed by atoms with van der Waals surface area (Å²) in [6.45, 7) is 5.61. The molecule has 2 unspecified atom stereocenters. The quantitative estimate of drug-likeness (QED) is 0.451. The maximum absolute atomic E-state index is 10.2. The summed E-state index contributed by atoms with van der Waals surface area (Å²) >= 11 is 12.1. The van der Waals surface area contributed by atoms with Crippen molar-refractivity contribution >= 4 is 29.2 Å². The minimum Gasteiger partial charge on any atom is -0.489 e. The van der Waals surface area contributed by atoms with Gasteiger partial charge in [-0.05, 0) is 32.4 Å². The first-order valence-electron chi connectivity index (χ1n) is 9.66. The maximum atomic E-state index is 10.2. The number of aryl methyl sites for hydroxylation is 2. The molecule has 2 heterocycles. The van der Waals surface area contributed by atoms with Gasteiger partial charge in [0.15, 0.2) is 5.96 Å². The van der Waals surface area contributed by atoms with Crippen LogP contribution in [0.15, 0.2) is 23.2 Å². The third kappa shape index (κ3) is 5.98. The lowest BCUT2D eigenvalue weighted by molar-refractivity contribution is 0.114. The predicted molar refractivity (Wildman–Crippen MR) is 114 cm³/mol. The van der Waals surface area contributed by atoms with E-state index in [9.17, 15) is 5.11 Å². The van der Waals surface area contributed by atoms with Crippen molar-refractivity contribution in [1.82, 2.24) is 25.4 Å². The monoisotopic (exact) mass is 440 g/mol. The molecule has 1 aromatic heterocycles. The number of nitrogens with zero attached hydrogens (tertiary/aromatic N) is 4. The van der Waals surface area contributed by atoms with Crippen LogP contribution in [-0.2, 0) is 13.0 Å². The number of fused-ring (bicyclic) bond motifs is 1. The van der Waals surface area contributed by atoms with Crippen molar-refractivity contribution in [3.63, 3.8) is 0 Å². The molecule has 0 aliphatic carbocycles. The number of aliphatic hydroxyl groups excluding tert-OH is 1. The van der Waals surface area contributed by atoms with E-state index in [1.165, 1.54) is 0 Å². The second-order valence-electron chi connectivity index (χ2n) is 6.87. The predicted octanol–water partition coefficient (Wildman–Crippen LogP) is 2.20. The van der Waals surface area contributed by atoms with Crippen molar-refractivity contribution in [2.45, 2.75) is 45.4 Å². The number of rotatable bonds is 7. The van der Waals surface area contributed by atoms with E-state index < -0.39 is 6.10 Å². The summed E-state index contributed by atoms with van der Waals surface area (Å²) < 4.78 is 7.51. The Balaban J connectivity index is 1.52. The van der Waals surface area contributed by atoms with E-state index >= 15 is 0 Å². The highest BCUT2D eigenvalue weighted by molar-refractivity contribution is 6.42. The topological polar surface area (TPSA) is 96.6 Å². The number of aliphatic imine (C=N–C) groups is 1. The van der Waals surface area contributed by atoms with Crippen LogP contribution in [0.5, 0.6) is 5.75 Å². The van der Waals surface area contributed by atoms with E-state index in [1.54, 1.807) is 18.2 Å². The molecule has 8 nitrogen and oxygen atoms in total. The van der Waals surface area contributed by atoms with Gasteiger partial charge in [-0.3, -0.25) is 4.99 Å². The van der Waals surface area contributed by atoms with Crippen LogP contribution in [0.25, 0.3) is 0 Å². The van der Waals surface area contributed by atoms with Gasteiger partial charge in [0.1, 0.15) is 35.1 Å². The van der Waals surface area contributed by atoms with Crippen LogP contribution in [0.3, 0.4) is 0 Å². The van der Waals surface area contributed by atoms with Crippen LogP contribution in [0.2, 0.25) is 10.0 Å². The van der Waals surface area contributed by atoms with Gasteiger partial charge >= 0.3 is 0 Å². The first-order valence-corrected chi connectivity index (χ1v) is 10.4. The molecular weight excluding hydrogens is 415 g/mol. The van der Waals surface area contributed by atoms with Crippen LogP contribution in [0.1, 0.15) is 25.0 Å². The van der Waals surface area contributed by atoms with Gasteiger partial charge in [0.2, 0.25) is 0 Å². The summed E-state index contributed by atoms with van der Waals surface area (Å²) in [7, 11) is 0. The fourth-order valence-electron chi connectivity index (χ4n) is 3.10. The lowest BCUT2D eigenvalue weighted by atomic mass is 10.1. The normalized spacial score (nSPS) is 17.6. The smallest absolute Gasteiger partial charge is 0.191 e. The average Bonchev–Trinajstić information content (AvgIpc) is 3.06. The van der Waals surface area contributed by atoms with E-state index in [0.717, 1.165) is 37.6 Å². The molecule has 3 rings (SSSR count). The largest absolute Gasteiger partial charge is 0.489 e. The third-order valence-corrected chi connectivity index (χ3v) is 5.26. The number of nitrogens with one attached hydrogen (secondary N) is 2. The number of halogens is 2. The fraction of sp³-hybridized carbons (Fsp3) is 0.526. The van der Waals surface area contributed by atoms with Gasteiger partial charge < -0.3 is 20.5 Å². The number of ether oxygens (including phenoxy) is 1. The van der Waals surface area contributed by atoms with Crippen molar-refractivity contribution in [2.24, 2.45) is 4.99 Å². The van der Waals surface area contributed by atoms with E-state index in [4.69, 9.17) is 27.9 Å². The molecule has 1 aliphatic heterocycles. The molecule has 0 spiro atoms. The van der Waals surface area contributed by atoms with E-state index in [1.807, 2.05) is 18.5 Å². The molecule has 0 amide bonds. The standard InChI is InChI=1S/C19H26Cl2N6O2/c1-3-22-19(25-13-7-8-17-24-12(2)26-27(17)10-13)23-9-14(28)11-29-16-6-4-5-15(20)18(16)21/h4-6,13-14,28H,3,7-11H2,1-2H3,(H2,22,23,25). The Morgan fingerprint density at radius 3 is 3.07 bits per heavy atom. The third-order valence-electron chi connectivity index (χ3n) is 4.46. The number of hydrogen-bond donors (Lipinski definition) is 3. The molecule has 0 saturated heterocycles. The number of aromatic nitrogens is 3. The SMILES string of the molecule is CCNC(=NCC(O)COc1cccc(Cl)c1Cl)NC1CCc2nc(C)nn2C1. The summed E-state index contributed by atoms with van der Waals surface area (Å²) in [5.74, 6) is 2.91. The maximum Gasteiger partial charge on any atom is 0.191 e. The highest BCUT2D eigenvalue weighted by Crippen LogP contribution is 2.31. The van der Waals surface area contributed by atoms with E-state index in [2.05, 4.69) is 25.7 Å². The van der Waals surface area contributed by atoms with Crippen LogP contribution in [-0.4, -0.2) is 57.7 Å². The highest BCUT2D eigenvalue weighted by atomic mass is 35.5. The Hall–Kier alpha value is -2.03. The number of hydrogen-bond acceptors (Lipinski definition) is 5. The zero-order chi connectivity index (χ0) is 20.8. The van der Waals surface area contributed by atoms with Crippen molar-refractivity contribution in [3.05, 3.63) is 39.9 Å². The lowest BCUT2D eigenvalue weighted by Crippen LogP contribution is -2.47. The highest BCUT2D eigenvalue weighted by Gasteiger charge is 2.21. The first kappa shape index (κ1) is 21.7. The van der Waals surface area contributed by atoms with Crippen molar-refractivity contribution in [1.29, 1.82) is 0 Å².